The van der Waals surface area contributed by atoms with E-state index in [2.05, 4.69) is 10.6 Å². The van der Waals surface area contributed by atoms with Crippen LogP contribution in [-0.4, -0.2) is 32.9 Å². The molecule has 6 nitrogen and oxygen atoms in total. The van der Waals surface area contributed by atoms with Gasteiger partial charge in [0.1, 0.15) is 0 Å². The molecule has 0 bridgehead atoms. The van der Waals surface area contributed by atoms with E-state index in [0.717, 1.165) is 18.5 Å². The van der Waals surface area contributed by atoms with Gasteiger partial charge < -0.3 is 24.8 Å². The molecule has 1 aliphatic heterocycles. The first-order valence-corrected chi connectivity index (χ1v) is 7.18. The van der Waals surface area contributed by atoms with Crippen LogP contribution in [0.1, 0.15) is 25.3 Å². The number of hydrogen-bond acceptors (Lipinski definition) is 5. The van der Waals surface area contributed by atoms with Crippen molar-refractivity contribution in [2.45, 2.75) is 26.3 Å². The first kappa shape index (κ1) is 15.4. The summed E-state index contributed by atoms with van der Waals surface area (Å²) in [6.07, 6.45) is 1.43. The lowest BCUT2D eigenvalue weighted by molar-refractivity contribution is -0.120. The predicted octanol–water partition coefficient (Wildman–Crippen LogP) is 1.43. The van der Waals surface area contributed by atoms with Crippen molar-refractivity contribution in [3.05, 3.63) is 17.7 Å². The third kappa shape index (κ3) is 4.26. The van der Waals surface area contributed by atoms with Gasteiger partial charge in [0.15, 0.2) is 11.5 Å². The molecule has 0 unspecified atom stereocenters. The monoisotopic (exact) mass is 294 g/mol. The molecule has 0 saturated carbocycles. The molecule has 116 valence electrons. The maximum atomic E-state index is 11.5. The minimum Gasteiger partial charge on any atom is -0.493 e. The van der Waals surface area contributed by atoms with Gasteiger partial charge in [0.2, 0.25) is 18.4 Å². The molecular formula is C15H22N2O4. The molecule has 6 heteroatoms. The van der Waals surface area contributed by atoms with Crippen molar-refractivity contribution in [3.63, 3.8) is 0 Å². The van der Waals surface area contributed by atoms with Crippen LogP contribution in [-0.2, 0) is 11.3 Å². The largest absolute Gasteiger partial charge is 0.493 e. The van der Waals surface area contributed by atoms with Gasteiger partial charge in [0.25, 0.3) is 0 Å². The van der Waals surface area contributed by atoms with Crippen molar-refractivity contribution >= 4 is 5.91 Å². The summed E-state index contributed by atoms with van der Waals surface area (Å²) in [5.74, 6) is 2.10. The molecule has 1 aliphatic rings. The van der Waals surface area contributed by atoms with Crippen molar-refractivity contribution in [2.75, 3.05) is 27.0 Å². The fourth-order valence-corrected chi connectivity index (χ4v) is 2.07. The zero-order chi connectivity index (χ0) is 15.1. The number of rotatable bonds is 8. The number of carbonyl (C=O) groups excluding carboxylic acids is 1. The SMILES string of the molecule is CCCNC(=O)CCNCc1cc(OC)c2c(c1)OCO2. The summed E-state index contributed by atoms with van der Waals surface area (Å²) >= 11 is 0. The van der Waals surface area contributed by atoms with Crippen LogP contribution in [0.4, 0.5) is 0 Å². The molecule has 0 spiro atoms. The minimum atomic E-state index is 0.0765. The fourth-order valence-electron chi connectivity index (χ4n) is 2.07. The Balaban J connectivity index is 1.80. The second-order valence-electron chi connectivity index (χ2n) is 4.81. The van der Waals surface area contributed by atoms with Gasteiger partial charge in [-0.3, -0.25) is 4.79 Å². The summed E-state index contributed by atoms with van der Waals surface area (Å²) in [6.45, 7) is 4.27. The van der Waals surface area contributed by atoms with Crippen LogP contribution in [0, 0.1) is 0 Å². The number of benzene rings is 1. The van der Waals surface area contributed by atoms with Crippen molar-refractivity contribution in [2.24, 2.45) is 0 Å². The van der Waals surface area contributed by atoms with Crippen molar-refractivity contribution < 1.29 is 19.0 Å². The summed E-state index contributed by atoms with van der Waals surface area (Å²) in [5, 5.41) is 6.09. The summed E-state index contributed by atoms with van der Waals surface area (Å²) < 4.78 is 16.0. The normalized spacial score (nSPS) is 12.3. The standard InChI is InChI=1S/C15H22N2O4/c1-3-5-17-14(18)4-6-16-9-11-7-12(19-2)15-13(8-11)20-10-21-15/h7-8,16H,3-6,9-10H2,1-2H3,(H,17,18). The van der Waals surface area contributed by atoms with Gasteiger partial charge in [-0.15, -0.1) is 0 Å². The van der Waals surface area contributed by atoms with Gasteiger partial charge in [0.05, 0.1) is 7.11 Å². The second-order valence-corrected chi connectivity index (χ2v) is 4.81. The van der Waals surface area contributed by atoms with E-state index in [9.17, 15) is 4.79 Å². The number of ether oxygens (including phenoxy) is 3. The number of hydrogen-bond donors (Lipinski definition) is 2. The van der Waals surface area contributed by atoms with Crippen molar-refractivity contribution in [1.82, 2.24) is 10.6 Å². The third-order valence-corrected chi connectivity index (χ3v) is 3.15. The maximum Gasteiger partial charge on any atom is 0.231 e. The number of methoxy groups -OCH3 is 1. The highest BCUT2D eigenvalue weighted by molar-refractivity contribution is 5.75. The third-order valence-electron chi connectivity index (χ3n) is 3.15. The van der Waals surface area contributed by atoms with Gasteiger partial charge in [-0.2, -0.15) is 0 Å². The predicted molar refractivity (Wildman–Crippen MR) is 78.7 cm³/mol. The lowest BCUT2D eigenvalue weighted by Gasteiger charge is -2.09. The molecule has 1 heterocycles. The minimum absolute atomic E-state index is 0.0765. The molecule has 1 aromatic rings. The lowest BCUT2D eigenvalue weighted by Crippen LogP contribution is -2.28. The van der Waals surface area contributed by atoms with Crippen molar-refractivity contribution in [1.29, 1.82) is 0 Å². The summed E-state index contributed by atoms with van der Waals surface area (Å²) in [4.78, 5) is 11.5. The van der Waals surface area contributed by atoms with Gasteiger partial charge in [0, 0.05) is 26.1 Å². The molecule has 2 N–H and O–H groups in total. The Hall–Kier alpha value is -1.95. The highest BCUT2D eigenvalue weighted by Crippen LogP contribution is 2.41. The molecular weight excluding hydrogens is 272 g/mol. The zero-order valence-electron chi connectivity index (χ0n) is 12.5. The number of nitrogens with one attached hydrogen (secondary N) is 2. The van der Waals surface area contributed by atoms with Crippen LogP contribution in [0.15, 0.2) is 12.1 Å². The van der Waals surface area contributed by atoms with E-state index in [1.165, 1.54) is 0 Å². The average molecular weight is 294 g/mol. The van der Waals surface area contributed by atoms with E-state index in [1.807, 2.05) is 19.1 Å². The average Bonchev–Trinajstić information content (AvgIpc) is 2.97. The first-order valence-electron chi connectivity index (χ1n) is 7.18. The van der Waals surface area contributed by atoms with Gasteiger partial charge in [-0.05, 0) is 24.1 Å². The molecule has 0 aliphatic carbocycles. The van der Waals surface area contributed by atoms with E-state index >= 15 is 0 Å². The Kier molecular flexibility index (Phi) is 5.68. The van der Waals surface area contributed by atoms with Crippen molar-refractivity contribution in [3.8, 4) is 17.2 Å². The van der Waals surface area contributed by atoms with E-state index in [4.69, 9.17) is 14.2 Å². The number of amides is 1. The Morgan fingerprint density at radius 2 is 2.19 bits per heavy atom. The van der Waals surface area contributed by atoms with Gasteiger partial charge >= 0.3 is 0 Å². The zero-order valence-corrected chi connectivity index (χ0v) is 12.5. The highest BCUT2D eigenvalue weighted by atomic mass is 16.7. The van der Waals surface area contributed by atoms with Gasteiger partial charge in [-0.1, -0.05) is 6.92 Å². The summed E-state index contributed by atoms with van der Waals surface area (Å²) in [6, 6.07) is 3.84. The second kappa shape index (κ2) is 7.73. The number of fused-ring (bicyclic) bond motifs is 1. The Morgan fingerprint density at radius 1 is 1.33 bits per heavy atom. The Labute approximate surface area is 124 Å². The number of carbonyl (C=O) groups is 1. The Bertz CT molecular complexity index is 491. The van der Waals surface area contributed by atoms with Crippen LogP contribution in [0.3, 0.4) is 0 Å². The highest BCUT2D eigenvalue weighted by Gasteiger charge is 2.19. The molecule has 0 saturated heterocycles. The molecule has 0 radical (unpaired) electrons. The van der Waals surface area contributed by atoms with Crippen LogP contribution in [0.25, 0.3) is 0 Å². The van der Waals surface area contributed by atoms with Crippen LogP contribution >= 0.6 is 0 Å². The molecule has 1 aromatic carbocycles. The molecule has 0 fully saturated rings. The van der Waals surface area contributed by atoms with Crippen LogP contribution in [0.2, 0.25) is 0 Å². The quantitative estimate of drug-likeness (QED) is 0.710. The molecule has 0 atom stereocenters. The van der Waals surface area contributed by atoms with Crippen LogP contribution < -0.4 is 24.8 Å². The fraction of sp³-hybridized carbons (Fsp3) is 0.533. The molecule has 1 amide bonds. The lowest BCUT2D eigenvalue weighted by atomic mass is 10.2. The molecule has 0 aromatic heterocycles. The molecule has 21 heavy (non-hydrogen) atoms. The Morgan fingerprint density at radius 3 is 2.95 bits per heavy atom. The summed E-state index contributed by atoms with van der Waals surface area (Å²) in [7, 11) is 1.60. The summed E-state index contributed by atoms with van der Waals surface area (Å²) in [5.41, 5.74) is 1.03. The first-order chi connectivity index (χ1) is 10.2. The van der Waals surface area contributed by atoms with Crippen LogP contribution in [0.5, 0.6) is 17.2 Å². The van der Waals surface area contributed by atoms with E-state index in [-0.39, 0.29) is 12.7 Å². The molecule has 2 rings (SSSR count). The van der Waals surface area contributed by atoms with E-state index in [0.29, 0.717) is 36.8 Å². The maximum absolute atomic E-state index is 11.5. The van der Waals surface area contributed by atoms with E-state index < -0.39 is 0 Å². The van der Waals surface area contributed by atoms with Gasteiger partial charge in [-0.25, -0.2) is 0 Å². The van der Waals surface area contributed by atoms with E-state index in [1.54, 1.807) is 7.11 Å². The smallest absolute Gasteiger partial charge is 0.231 e. The topological polar surface area (TPSA) is 68.8 Å².